The molecule has 2 rings (SSSR count). The van der Waals surface area contributed by atoms with Crippen LogP contribution in [-0.2, 0) is 6.54 Å². The maximum absolute atomic E-state index is 11.1. The zero-order valence-corrected chi connectivity index (χ0v) is 10.9. The van der Waals surface area contributed by atoms with Crippen LogP contribution in [0.4, 0.5) is 0 Å². The lowest BCUT2D eigenvalue weighted by atomic mass is 10.1. The lowest BCUT2D eigenvalue weighted by Gasteiger charge is -2.06. The molecule has 4 nitrogen and oxygen atoms in total. The van der Waals surface area contributed by atoms with Crippen molar-refractivity contribution in [1.29, 1.82) is 0 Å². The summed E-state index contributed by atoms with van der Waals surface area (Å²) in [5.74, 6) is -0.883. The van der Waals surface area contributed by atoms with E-state index in [1.54, 1.807) is 12.1 Å². The number of rotatable bonds is 7. The Bertz CT molecular complexity index is 560. The summed E-state index contributed by atoms with van der Waals surface area (Å²) < 4.78 is 2.10. The average Bonchev–Trinajstić information content (AvgIpc) is 2.81. The third-order valence-electron chi connectivity index (χ3n) is 3.35. The van der Waals surface area contributed by atoms with Gasteiger partial charge in [-0.25, -0.2) is 4.79 Å². The Morgan fingerprint density at radius 1 is 1.11 bits per heavy atom. The molecule has 0 spiro atoms. The molecule has 0 aliphatic rings. The summed E-state index contributed by atoms with van der Waals surface area (Å²) in [5, 5.41) is 18.6. The van der Waals surface area contributed by atoms with Crippen LogP contribution < -0.4 is 0 Å². The Labute approximate surface area is 112 Å². The van der Waals surface area contributed by atoms with Gasteiger partial charge in [0.25, 0.3) is 0 Å². The molecule has 102 valence electrons. The third kappa shape index (κ3) is 3.15. The van der Waals surface area contributed by atoms with Gasteiger partial charge in [-0.3, -0.25) is 0 Å². The standard InChI is InChI=1S/C15H19NO3/c17-11-4-2-1-3-9-16-10-8-12-13(15(18)19)6-5-7-14(12)16/h5-8,10,17H,1-4,9,11H2,(H,18,19). The van der Waals surface area contributed by atoms with Gasteiger partial charge >= 0.3 is 5.97 Å². The molecule has 0 radical (unpaired) electrons. The highest BCUT2D eigenvalue weighted by Crippen LogP contribution is 2.21. The molecule has 0 fully saturated rings. The summed E-state index contributed by atoms with van der Waals surface area (Å²) in [6.45, 7) is 1.15. The van der Waals surface area contributed by atoms with Crippen molar-refractivity contribution in [3.8, 4) is 0 Å². The average molecular weight is 261 g/mol. The van der Waals surface area contributed by atoms with Gasteiger partial charge in [0.2, 0.25) is 0 Å². The van der Waals surface area contributed by atoms with Gasteiger partial charge in [-0.1, -0.05) is 18.9 Å². The van der Waals surface area contributed by atoms with Crippen LogP contribution in [0.3, 0.4) is 0 Å². The van der Waals surface area contributed by atoms with Gasteiger partial charge < -0.3 is 14.8 Å². The normalized spacial score (nSPS) is 11.0. The first-order valence-corrected chi connectivity index (χ1v) is 6.66. The van der Waals surface area contributed by atoms with Gasteiger partial charge in [-0.2, -0.15) is 0 Å². The molecule has 0 saturated heterocycles. The minimum Gasteiger partial charge on any atom is -0.478 e. The molecule has 19 heavy (non-hydrogen) atoms. The molecule has 2 aromatic rings. The van der Waals surface area contributed by atoms with Crippen molar-refractivity contribution < 1.29 is 15.0 Å². The first-order chi connectivity index (χ1) is 9.24. The quantitative estimate of drug-likeness (QED) is 0.753. The van der Waals surface area contributed by atoms with Crippen LogP contribution in [0.25, 0.3) is 10.9 Å². The predicted octanol–water partition coefficient (Wildman–Crippen LogP) is 2.89. The van der Waals surface area contributed by atoms with Gasteiger partial charge in [0.15, 0.2) is 0 Å². The molecule has 4 heteroatoms. The molecule has 1 aromatic carbocycles. The molecule has 0 atom stereocenters. The Hall–Kier alpha value is -1.81. The van der Waals surface area contributed by atoms with Crippen LogP contribution in [0.15, 0.2) is 30.5 Å². The van der Waals surface area contributed by atoms with Crippen LogP contribution in [-0.4, -0.2) is 27.4 Å². The molecule has 0 aliphatic carbocycles. The van der Waals surface area contributed by atoms with E-state index in [1.807, 2.05) is 18.3 Å². The Morgan fingerprint density at radius 3 is 2.63 bits per heavy atom. The number of carboxylic acid groups (broad SMARTS) is 1. The van der Waals surface area contributed by atoms with E-state index in [0.29, 0.717) is 5.56 Å². The van der Waals surface area contributed by atoms with Crippen molar-refractivity contribution >= 4 is 16.9 Å². The van der Waals surface area contributed by atoms with E-state index >= 15 is 0 Å². The monoisotopic (exact) mass is 261 g/mol. The van der Waals surface area contributed by atoms with E-state index in [-0.39, 0.29) is 6.61 Å². The number of aryl methyl sites for hydroxylation is 1. The highest BCUT2D eigenvalue weighted by molar-refractivity contribution is 6.02. The summed E-state index contributed by atoms with van der Waals surface area (Å²) in [7, 11) is 0. The summed E-state index contributed by atoms with van der Waals surface area (Å²) in [6.07, 6.45) is 5.97. The van der Waals surface area contributed by atoms with E-state index in [4.69, 9.17) is 10.2 Å². The number of hydrogen-bond donors (Lipinski definition) is 2. The number of hydrogen-bond acceptors (Lipinski definition) is 2. The number of carboxylic acids is 1. The highest BCUT2D eigenvalue weighted by Gasteiger charge is 2.10. The fraction of sp³-hybridized carbons (Fsp3) is 0.400. The summed E-state index contributed by atoms with van der Waals surface area (Å²) in [6, 6.07) is 7.24. The van der Waals surface area contributed by atoms with Crippen LogP contribution in [0, 0.1) is 0 Å². The number of fused-ring (bicyclic) bond motifs is 1. The van der Waals surface area contributed by atoms with Crippen molar-refractivity contribution in [2.24, 2.45) is 0 Å². The fourth-order valence-electron chi connectivity index (χ4n) is 2.35. The zero-order chi connectivity index (χ0) is 13.7. The van der Waals surface area contributed by atoms with Crippen molar-refractivity contribution in [3.63, 3.8) is 0 Å². The molecule has 2 N–H and O–H groups in total. The second-order valence-electron chi connectivity index (χ2n) is 4.69. The second-order valence-corrected chi connectivity index (χ2v) is 4.69. The van der Waals surface area contributed by atoms with Gasteiger partial charge in [-0.05, 0) is 31.0 Å². The first kappa shape index (κ1) is 13.6. The molecule has 1 aromatic heterocycles. The highest BCUT2D eigenvalue weighted by atomic mass is 16.4. The summed E-state index contributed by atoms with van der Waals surface area (Å²) in [4.78, 5) is 11.1. The predicted molar refractivity (Wildman–Crippen MR) is 74.5 cm³/mol. The SMILES string of the molecule is O=C(O)c1cccc2c1ccn2CCCCCCO. The lowest BCUT2D eigenvalue weighted by molar-refractivity contribution is 0.0699. The number of aromatic nitrogens is 1. The fourth-order valence-corrected chi connectivity index (χ4v) is 2.35. The minimum absolute atomic E-state index is 0.258. The van der Waals surface area contributed by atoms with Crippen molar-refractivity contribution in [2.45, 2.75) is 32.2 Å². The Balaban J connectivity index is 2.08. The van der Waals surface area contributed by atoms with Gasteiger partial charge in [0.05, 0.1) is 5.56 Å². The van der Waals surface area contributed by atoms with Crippen molar-refractivity contribution in [3.05, 3.63) is 36.0 Å². The van der Waals surface area contributed by atoms with E-state index < -0.39 is 5.97 Å². The van der Waals surface area contributed by atoms with Gasteiger partial charge in [0.1, 0.15) is 0 Å². The number of unbranched alkanes of at least 4 members (excludes halogenated alkanes) is 3. The molecule has 0 amide bonds. The molecule has 0 aliphatic heterocycles. The zero-order valence-electron chi connectivity index (χ0n) is 10.9. The second kappa shape index (κ2) is 6.38. The number of benzene rings is 1. The smallest absolute Gasteiger partial charge is 0.336 e. The number of aromatic carboxylic acids is 1. The largest absolute Gasteiger partial charge is 0.478 e. The van der Waals surface area contributed by atoms with E-state index in [1.165, 1.54) is 0 Å². The maximum atomic E-state index is 11.1. The van der Waals surface area contributed by atoms with E-state index in [2.05, 4.69) is 4.57 Å². The molecule has 0 saturated carbocycles. The molecule has 0 unspecified atom stereocenters. The number of carbonyl (C=O) groups is 1. The topological polar surface area (TPSA) is 62.5 Å². The van der Waals surface area contributed by atoms with E-state index in [0.717, 1.165) is 43.1 Å². The maximum Gasteiger partial charge on any atom is 0.336 e. The van der Waals surface area contributed by atoms with E-state index in [9.17, 15) is 4.79 Å². The summed E-state index contributed by atoms with van der Waals surface area (Å²) >= 11 is 0. The van der Waals surface area contributed by atoms with Crippen LogP contribution in [0.1, 0.15) is 36.0 Å². The lowest BCUT2D eigenvalue weighted by Crippen LogP contribution is -1.99. The molecular formula is C15H19NO3. The third-order valence-corrected chi connectivity index (χ3v) is 3.35. The van der Waals surface area contributed by atoms with Crippen LogP contribution in [0.2, 0.25) is 0 Å². The van der Waals surface area contributed by atoms with Crippen LogP contribution >= 0.6 is 0 Å². The minimum atomic E-state index is -0.883. The molecule has 0 bridgehead atoms. The van der Waals surface area contributed by atoms with Crippen molar-refractivity contribution in [2.75, 3.05) is 6.61 Å². The van der Waals surface area contributed by atoms with Crippen LogP contribution in [0.5, 0.6) is 0 Å². The number of aliphatic hydroxyl groups excluding tert-OH is 1. The molecule has 1 heterocycles. The molecular weight excluding hydrogens is 242 g/mol. The van der Waals surface area contributed by atoms with Gasteiger partial charge in [-0.15, -0.1) is 0 Å². The number of aliphatic hydroxyl groups is 1. The summed E-state index contributed by atoms with van der Waals surface area (Å²) in [5.41, 5.74) is 1.33. The Kier molecular flexibility index (Phi) is 4.58. The first-order valence-electron chi connectivity index (χ1n) is 6.66. The van der Waals surface area contributed by atoms with Crippen molar-refractivity contribution in [1.82, 2.24) is 4.57 Å². The number of nitrogens with zero attached hydrogens (tertiary/aromatic N) is 1. The Morgan fingerprint density at radius 2 is 1.89 bits per heavy atom. The van der Waals surface area contributed by atoms with Gasteiger partial charge in [0, 0.05) is 30.3 Å².